The molecule has 0 saturated carbocycles. The van der Waals surface area contributed by atoms with Crippen molar-refractivity contribution < 1.29 is 14.3 Å². The Labute approximate surface area is 244 Å². The molecular formula is C29H23Cl2N5O3S. The first-order valence-corrected chi connectivity index (χ1v) is 13.7. The van der Waals surface area contributed by atoms with Gasteiger partial charge in [-0.05, 0) is 66.2 Å². The standard InChI is InChI=1S/C29H23Cl2N5O3S/c1-39-20-7-4-17(5-8-20)13-24(28(32)37)34-29(38)27-11-10-26(40-27)25-15-23(18-3-2-12-33-16-18)35-36(25)19-6-9-21(30)22(31)14-19/h2-12,14-16,24H,13H2,1H3,(H2,32,37)(H,34,38)/t24-/m0/s1. The minimum atomic E-state index is -0.884. The van der Waals surface area contributed by atoms with Gasteiger partial charge in [0, 0.05) is 24.4 Å². The number of hydrogen-bond donors (Lipinski definition) is 2. The summed E-state index contributed by atoms with van der Waals surface area (Å²) >= 11 is 13.7. The van der Waals surface area contributed by atoms with E-state index >= 15 is 0 Å². The van der Waals surface area contributed by atoms with Gasteiger partial charge in [0.25, 0.3) is 5.91 Å². The van der Waals surface area contributed by atoms with Gasteiger partial charge < -0.3 is 15.8 Å². The number of thiophene rings is 1. The van der Waals surface area contributed by atoms with Crippen molar-refractivity contribution in [3.05, 3.63) is 106 Å². The van der Waals surface area contributed by atoms with Crippen LogP contribution in [-0.2, 0) is 11.2 Å². The summed E-state index contributed by atoms with van der Waals surface area (Å²) in [6.07, 6.45) is 3.67. The first-order chi connectivity index (χ1) is 19.3. The van der Waals surface area contributed by atoms with Crippen LogP contribution in [0, 0.1) is 0 Å². The van der Waals surface area contributed by atoms with Crippen molar-refractivity contribution in [3.8, 4) is 33.3 Å². The molecule has 202 valence electrons. The number of ether oxygens (including phenoxy) is 1. The summed E-state index contributed by atoms with van der Waals surface area (Å²) in [4.78, 5) is 30.7. The molecule has 0 fully saturated rings. The molecule has 5 aromatic rings. The molecule has 0 spiro atoms. The number of pyridine rings is 1. The molecule has 0 aliphatic carbocycles. The second-order valence-corrected chi connectivity index (χ2v) is 10.7. The summed E-state index contributed by atoms with van der Waals surface area (Å²) in [5.41, 5.74) is 9.43. The van der Waals surface area contributed by atoms with Gasteiger partial charge in [0.05, 0.1) is 44.0 Å². The summed E-state index contributed by atoms with van der Waals surface area (Å²) < 4.78 is 6.92. The lowest BCUT2D eigenvalue weighted by atomic mass is 10.1. The lowest BCUT2D eigenvalue weighted by molar-refractivity contribution is -0.119. The van der Waals surface area contributed by atoms with Crippen LogP contribution in [0.25, 0.3) is 27.5 Å². The van der Waals surface area contributed by atoms with Gasteiger partial charge in [0.2, 0.25) is 5.91 Å². The van der Waals surface area contributed by atoms with E-state index in [0.717, 1.165) is 21.7 Å². The number of aromatic nitrogens is 3. The van der Waals surface area contributed by atoms with Crippen LogP contribution < -0.4 is 15.8 Å². The van der Waals surface area contributed by atoms with Gasteiger partial charge in [-0.2, -0.15) is 5.10 Å². The summed E-state index contributed by atoms with van der Waals surface area (Å²) in [6.45, 7) is 0. The summed E-state index contributed by atoms with van der Waals surface area (Å²) in [7, 11) is 1.58. The molecule has 8 nitrogen and oxygen atoms in total. The zero-order valence-corrected chi connectivity index (χ0v) is 23.5. The van der Waals surface area contributed by atoms with Crippen LogP contribution in [-0.4, -0.2) is 39.7 Å². The SMILES string of the molecule is COc1ccc(C[C@H](NC(=O)c2ccc(-c3cc(-c4cccnc4)nn3-c3ccc(Cl)c(Cl)c3)s2)C(N)=O)cc1. The molecule has 0 unspecified atom stereocenters. The lowest BCUT2D eigenvalue weighted by Crippen LogP contribution is -2.45. The second-order valence-electron chi connectivity index (χ2n) is 8.81. The Balaban J connectivity index is 1.43. The van der Waals surface area contributed by atoms with Crippen LogP contribution in [0.4, 0.5) is 0 Å². The third kappa shape index (κ3) is 6.02. The number of nitrogens with one attached hydrogen (secondary N) is 1. The minimum Gasteiger partial charge on any atom is -0.497 e. The molecule has 0 radical (unpaired) electrons. The third-order valence-electron chi connectivity index (χ3n) is 6.14. The maximum atomic E-state index is 13.2. The van der Waals surface area contributed by atoms with Gasteiger partial charge in [-0.1, -0.05) is 35.3 Å². The Morgan fingerprint density at radius 2 is 1.85 bits per heavy atom. The van der Waals surface area contributed by atoms with Gasteiger partial charge in [-0.25, -0.2) is 4.68 Å². The normalized spacial score (nSPS) is 11.7. The number of nitrogens with zero attached hydrogens (tertiary/aromatic N) is 3. The fourth-order valence-electron chi connectivity index (χ4n) is 4.07. The van der Waals surface area contributed by atoms with Gasteiger partial charge in [0.1, 0.15) is 11.8 Å². The number of halogens is 2. The Hall–Kier alpha value is -4.18. The van der Waals surface area contributed by atoms with Gasteiger partial charge >= 0.3 is 0 Å². The highest BCUT2D eigenvalue weighted by Crippen LogP contribution is 2.34. The zero-order valence-electron chi connectivity index (χ0n) is 21.2. The first-order valence-electron chi connectivity index (χ1n) is 12.1. The Bertz CT molecular complexity index is 1670. The minimum absolute atomic E-state index is 0.252. The maximum absolute atomic E-state index is 13.2. The predicted octanol–water partition coefficient (Wildman–Crippen LogP) is 5.80. The molecule has 2 amide bonds. The van der Waals surface area contributed by atoms with E-state index in [9.17, 15) is 9.59 Å². The van der Waals surface area contributed by atoms with E-state index in [0.29, 0.717) is 32.1 Å². The Morgan fingerprint density at radius 1 is 1.05 bits per heavy atom. The highest BCUT2D eigenvalue weighted by Gasteiger charge is 2.22. The molecule has 3 heterocycles. The Morgan fingerprint density at radius 3 is 2.52 bits per heavy atom. The number of methoxy groups -OCH3 is 1. The number of carbonyl (C=O) groups excluding carboxylic acids is 2. The number of rotatable bonds is 9. The lowest BCUT2D eigenvalue weighted by Gasteiger charge is -2.15. The molecule has 1 atom stereocenters. The largest absolute Gasteiger partial charge is 0.497 e. The van der Waals surface area contributed by atoms with Crippen molar-refractivity contribution in [1.82, 2.24) is 20.1 Å². The van der Waals surface area contributed by atoms with Crippen LogP contribution in [0.5, 0.6) is 5.75 Å². The van der Waals surface area contributed by atoms with E-state index in [2.05, 4.69) is 10.3 Å². The van der Waals surface area contributed by atoms with E-state index in [1.54, 1.807) is 54.5 Å². The molecule has 3 aromatic heterocycles. The van der Waals surface area contributed by atoms with Crippen LogP contribution in [0.15, 0.2) is 85.2 Å². The fourth-order valence-corrected chi connectivity index (χ4v) is 5.28. The molecule has 3 N–H and O–H groups in total. The number of primary amides is 1. The number of nitrogens with two attached hydrogens (primary N) is 1. The van der Waals surface area contributed by atoms with E-state index < -0.39 is 17.9 Å². The summed E-state index contributed by atoms with van der Waals surface area (Å²) in [5, 5.41) is 8.39. The maximum Gasteiger partial charge on any atom is 0.262 e. The molecule has 2 aromatic carbocycles. The van der Waals surface area contributed by atoms with Crippen LogP contribution in [0.3, 0.4) is 0 Å². The number of carbonyl (C=O) groups is 2. The number of benzene rings is 2. The van der Waals surface area contributed by atoms with E-state index in [4.69, 9.17) is 38.8 Å². The fraction of sp³-hybridized carbons (Fsp3) is 0.103. The van der Waals surface area contributed by atoms with Crippen molar-refractivity contribution >= 4 is 46.4 Å². The average molecular weight is 593 g/mol. The number of amides is 2. The first kappa shape index (κ1) is 27.4. The van der Waals surface area contributed by atoms with E-state index in [1.165, 1.54) is 11.3 Å². The molecule has 5 rings (SSSR count). The van der Waals surface area contributed by atoms with Crippen molar-refractivity contribution in [2.45, 2.75) is 12.5 Å². The predicted molar refractivity (Wildman–Crippen MR) is 157 cm³/mol. The van der Waals surface area contributed by atoms with Gasteiger partial charge in [-0.3, -0.25) is 14.6 Å². The van der Waals surface area contributed by atoms with Crippen LogP contribution in [0.1, 0.15) is 15.2 Å². The van der Waals surface area contributed by atoms with Crippen molar-refractivity contribution in [2.24, 2.45) is 5.73 Å². The van der Waals surface area contributed by atoms with E-state index in [-0.39, 0.29) is 6.42 Å². The molecule has 0 aliphatic rings. The third-order valence-corrected chi connectivity index (χ3v) is 7.99. The molecule has 11 heteroatoms. The van der Waals surface area contributed by atoms with Gasteiger partial charge in [0.15, 0.2) is 0 Å². The summed E-state index contributed by atoms with van der Waals surface area (Å²) in [6, 6.07) is 20.8. The van der Waals surface area contributed by atoms with Crippen LogP contribution in [0.2, 0.25) is 10.0 Å². The molecular weight excluding hydrogens is 569 g/mol. The Kier molecular flexibility index (Phi) is 8.16. The molecule has 0 aliphatic heterocycles. The average Bonchev–Trinajstić information content (AvgIpc) is 3.63. The van der Waals surface area contributed by atoms with Crippen molar-refractivity contribution in [3.63, 3.8) is 0 Å². The van der Waals surface area contributed by atoms with Gasteiger partial charge in [-0.15, -0.1) is 11.3 Å². The highest BCUT2D eigenvalue weighted by atomic mass is 35.5. The van der Waals surface area contributed by atoms with E-state index in [1.807, 2.05) is 42.5 Å². The molecule has 0 saturated heterocycles. The topological polar surface area (TPSA) is 112 Å². The highest BCUT2D eigenvalue weighted by molar-refractivity contribution is 7.17. The smallest absolute Gasteiger partial charge is 0.262 e. The number of hydrogen-bond acceptors (Lipinski definition) is 6. The molecule has 0 bridgehead atoms. The summed E-state index contributed by atoms with van der Waals surface area (Å²) in [5.74, 6) is -0.331. The van der Waals surface area contributed by atoms with Crippen LogP contribution >= 0.6 is 34.5 Å². The van der Waals surface area contributed by atoms with Crippen molar-refractivity contribution in [2.75, 3.05) is 7.11 Å². The van der Waals surface area contributed by atoms with Crippen molar-refractivity contribution in [1.29, 1.82) is 0 Å². The molecule has 40 heavy (non-hydrogen) atoms. The quantitative estimate of drug-likeness (QED) is 0.225. The second kappa shape index (κ2) is 11.9. The zero-order chi connectivity index (χ0) is 28.2. The monoisotopic (exact) mass is 591 g/mol.